The van der Waals surface area contributed by atoms with E-state index in [0.717, 1.165) is 18.4 Å². The molecule has 6 unspecified atom stereocenters. The SMILES string of the molecule is CC12CCC3C(CCC4CCCCC43C[O-])C1CC=C2C#N.[Rb+]. The predicted octanol–water partition coefficient (Wildman–Crippen LogP) is 0.823. The second-order valence-corrected chi connectivity index (χ2v) is 8.70. The maximum Gasteiger partial charge on any atom is 1.00 e. The Morgan fingerprint density at radius 1 is 1.17 bits per heavy atom. The van der Waals surface area contributed by atoms with E-state index in [1.165, 1.54) is 44.9 Å². The first kappa shape index (κ1) is 18.8. The molecular weight excluding hydrogens is 356 g/mol. The topological polar surface area (TPSA) is 46.8 Å². The summed E-state index contributed by atoms with van der Waals surface area (Å²) in [5.41, 5.74) is 1.26. The fraction of sp³-hybridized carbons (Fsp3) is 0.850. The third kappa shape index (κ3) is 2.64. The molecule has 120 valence electrons. The van der Waals surface area contributed by atoms with Crippen LogP contribution >= 0.6 is 0 Å². The molecule has 3 saturated carbocycles. The van der Waals surface area contributed by atoms with Crippen LogP contribution in [0.3, 0.4) is 0 Å². The third-order valence-corrected chi connectivity index (χ3v) is 8.25. The molecule has 0 N–H and O–H groups in total. The largest absolute Gasteiger partial charge is 1.00 e. The Kier molecular flexibility index (Phi) is 5.68. The van der Waals surface area contributed by atoms with Crippen LogP contribution < -0.4 is 63.3 Å². The zero-order chi connectivity index (χ0) is 15.4. The van der Waals surface area contributed by atoms with Crippen LogP contribution in [-0.2, 0) is 0 Å². The van der Waals surface area contributed by atoms with E-state index < -0.39 is 0 Å². The molecule has 4 aliphatic rings. The summed E-state index contributed by atoms with van der Waals surface area (Å²) in [6, 6.07) is 2.48. The molecule has 23 heavy (non-hydrogen) atoms. The van der Waals surface area contributed by atoms with Crippen molar-refractivity contribution in [2.75, 3.05) is 6.61 Å². The molecule has 0 amide bonds. The van der Waals surface area contributed by atoms with Crippen LogP contribution in [0, 0.1) is 45.8 Å². The Morgan fingerprint density at radius 3 is 2.74 bits per heavy atom. The number of nitriles is 1. The van der Waals surface area contributed by atoms with Crippen molar-refractivity contribution in [1.82, 2.24) is 0 Å². The van der Waals surface area contributed by atoms with Gasteiger partial charge in [-0.1, -0.05) is 25.8 Å². The molecular formula is C20H28NORb. The molecule has 0 saturated heterocycles. The average molecular weight is 384 g/mol. The zero-order valence-corrected chi connectivity index (χ0v) is 19.7. The zero-order valence-electron chi connectivity index (χ0n) is 14.8. The van der Waals surface area contributed by atoms with Crippen LogP contribution in [-0.4, -0.2) is 6.61 Å². The van der Waals surface area contributed by atoms with Crippen molar-refractivity contribution in [2.24, 2.45) is 34.5 Å². The van der Waals surface area contributed by atoms with E-state index in [-0.39, 0.29) is 75.6 Å². The molecule has 3 fully saturated rings. The van der Waals surface area contributed by atoms with E-state index in [0.29, 0.717) is 23.7 Å². The van der Waals surface area contributed by atoms with Gasteiger partial charge in [-0.2, -0.15) is 5.26 Å². The van der Waals surface area contributed by atoms with Gasteiger partial charge in [0.05, 0.1) is 6.07 Å². The molecule has 0 radical (unpaired) electrons. The van der Waals surface area contributed by atoms with Gasteiger partial charge in [-0.05, 0) is 74.0 Å². The van der Waals surface area contributed by atoms with Crippen molar-refractivity contribution < 1.29 is 63.3 Å². The third-order valence-electron chi connectivity index (χ3n) is 8.25. The van der Waals surface area contributed by atoms with Gasteiger partial charge in [0.25, 0.3) is 0 Å². The van der Waals surface area contributed by atoms with E-state index in [2.05, 4.69) is 19.1 Å². The second kappa shape index (κ2) is 6.95. The Bertz CT molecular complexity index is 538. The summed E-state index contributed by atoms with van der Waals surface area (Å²) in [4.78, 5) is 0. The smallest absolute Gasteiger partial charge is 0.854 e. The second-order valence-electron chi connectivity index (χ2n) is 8.70. The summed E-state index contributed by atoms with van der Waals surface area (Å²) < 4.78 is 0. The van der Waals surface area contributed by atoms with Crippen molar-refractivity contribution in [2.45, 2.75) is 64.7 Å². The first-order chi connectivity index (χ1) is 10.7. The summed E-state index contributed by atoms with van der Waals surface area (Å²) in [5.74, 6) is 2.68. The Morgan fingerprint density at radius 2 is 2.00 bits per heavy atom. The summed E-state index contributed by atoms with van der Waals surface area (Å²) in [5, 5.41) is 21.8. The van der Waals surface area contributed by atoms with Crippen LogP contribution in [0.2, 0.25) is 0 Å². The molecule has 3 heteroatoms. The Labute approximate surface area is 189 Å². The van der Waals surface area contributed by atoms with Crippen LogP contribution in [0.5, 0.6) is 0 Å². The van der Waals surface area contributed by atoms with Crippen molar-refractivity contribution >= 4 is 0 Å². The van der Waals surface area contributed by atoms with Gasteiger partial charge in [0.1, 0.15) is 0 Å². The van der Waals surface area contributed by atoms with E-state index in [4.69, 9.17) is 0 Å². The van der Waals surface area contributed by atoms with Crippen LogP contribution in [0.25, 0.3) is 0 Å². The summed E-state index contributed by atoms with van der Waals surface area (Å²) >= 11 is 0. The van der Waals surface area contributed by atoms with Crippen molar-refractivity contribution in [1.29, 1.82) is 5.26 Å². The quantitative estimate of drug-likeness (QED) is 0.673. The summed E-state index contributed by atoms with van der Waals surface area (Å²) in [6.45, 7) is 2.48. The first-order valence-electron chi connectivity index (χ1n) is 9.34. The molecule has 0 spiro atoms. The Hall–Kier alpha value is 0.995. The van der Waals surface area contributed by atoms with E-state index >= 15 is 0 Å². The van der Waals surface area contributed by atoms with Gasteiger partial charge in [-0.15, -0.1) is 6.61 Å². The molecule has 0 aromatic rings. The fourth-order valence-electron chi connectivity index (χ4n) is 7.09. The van der Waals surface area contributed by atoms with Crippen LogP contribution in [0.4, 0.5) is 0 Å². The number of hydrogen-bond acceptors (Lipinski definition) is 2. The molecule has 2 nitrogen and oxygen atoms in total. The molecule has 0 heterocycles. The first-order valence-corrected chi connectivity index (χ1v) is 9.34. The fourth-order valence-corrected chi connectivity index (χ4v) is 7.09. The van der Waals surface area contributed by atoms with Crippen LogP contribution in [0.1, 0.15) is 64.7 Å². The van der Waals surface area contributed by atoms with Gasteiger partial charge >= 0.3 is 58.2 Å². The maximum absolute atomic E-state index is 12.3. The number of allylic oxidation sites excluding steroid dienone is 2. The summed E-state index contributed by atoms with van der Waals surface area (Å²) in [7, 11) is 0. The van der Waals surface area contributed by atoms with Gasteiger partial charge in [-0.3, -0.25) is 0 Å². The van der Waals surface area contributed by atoms with E-state index in [1.807, 2.05) is 0 Å². The molecule has 4 rings (SSSR count). The summed E-state index contributed by atoms with van der Waals surface area (Å²) in [6.07, 6.45) is 13.3. The monoisotopic (exact) mass is 383 g/mol. The number of fused-ring (bicyclic) bond motifs is 5. The van der Waals surface area contributed by atoms with Gasteiger partial charge in [-0.25, -0.2) is 0 Å². The van der Waals surface area contributed by atoms with Crippen molar-refractivity contribution in [3.8, 4) is 6.07 Å². The minimum Gasteiger partial charge on any atom is -0.854 e. The standard InChI is InChI=1S/C20H28NO.Rb/c1-19-11-9-18-16(17(19)8-6-15(19)12-21)7-5-14-4-2-3-10-20(14,18)13-22;/h6,14,16-18H,2-5,7-11,13H2,1H3;/q-1;+1. The van der Waals surface area contributed by atoms with Crippen molar-refractivity contribution in [3.05, 3.63) is 11.6 Å². The average Bonchev–Trinajstić information content (AvgIpc) is 2.90. The predicted molar refractivity (Wildman–Crippen MR) is 84.6 cm³/mol. The molecule has 6 atom stereocenters. The molecule has 0 aliphatic heterocycles. The van der Waals surface area contributed by atoms with Crippen LogP contribution in [0.15, 0.2) is 11.6 Å². The number of hydrogen-bond donors (Lipinski definition) is 0. The normalized spacial score (nSPS) is 48.1. The van der Waals surface area contributed by atoms with Gasteiger partial charge in [0.2, 0.25) is 0 Å². The molecule has 0 aromatic heterocycles. The number of rotatable bonds is 1. The van der Waals surface area contributed by atoms with Crippen molar-refractivity contribution in [3.63, 3.8) is 0 Å². The van der Waals surface area contributed by atoms with Gasteiger partial charge < -0.3 is 5.11 Å². The minimum absolute atomic E-state index is 0. The number of nitrogens with zero attached hydrogens (tertiary/aromatic N) is 1. The van der Waals surface area contributed by atoms with Gasteiger partial charge in [0, 0.05) is 11.0 Å². The maximum atomic E-state index is 12.3. The van der Waals surface area contributed by atoms with E-state index in [9.17, 15) is 10.4 Å². The Balaban J connectivity index is 0.00000156. The minimum atomic E-state index is 0. The molecule has 0 aromatic carbocycles. The molecule has 0 bridgehead atoms. The van der Waals surface area contributed by atoms with E-state index in [1.54, 1.807) is 0 Å². The van der Waals surface area contributed by atoms with Gasteiger partial charge in [0.15, 0.2) is 0 Å². The molecule has 4 aliphatic carbocycles.